The predicted molar refractivity (Wildman–Crippen MR) is 86.0 cm³/mol. The van der Waals surface area contributed by atoms with Crippen molar-refractivity contribution in [2.45, 2.75) is 39.2 Å². The molecule has 0 radical (unpaired) electrons. The zero-order valence-corrected chi connectivity index (χ0v) is 13.1. The summed E-state index contributed by atoms with van der Waals surface area (Å²) in [5.41, 5.74) is 2.30. The average molecular weight is 306 g/mol. The zero-order chi connectivity index (χ0) is 14.8. The minimum atomic E-state index is -0.283. The first-order valence-electron chi connectivity index (χ1n) is 7.59. The lowest BCUT2D eigenvalue weighted by Gasteiger charge is -2.20. The first-order valence-corrected chi connectivity index (χ1v) is 7.96. The van der Waals surface area contributed by atoms with Crippen molar-refractivity contribution in [3.8, 4) is 0 Å². The summed E-state index contributed by atoms with van der Waals surface area (Å²) in [5.74, 6) is 0. The van der Waals surface area contributed by atoms with E-state index in [0.717, 1.165) is 36.1 Å². The summed E-state index contributed by atoms with van der Waals surface area (Å²) in [6.07, 6.45) is 5.08. The van der Waals surface area contributed by atoms with Crippen molar-refractivity contribution >= 4 is 22.6 Å². The molecule has 0 spiro atoms. The molecule has 2 aromatic rings. The lowest BCUT2D eigenvalue weighted by atomic mass is 10.1. The molecule has 21 heavy (non-hydrogen) atoms. The monoisotopic (exact) mass is 305 g/mol. The van der Waals surface area contributed by atoms with E-state index in [1.54, 1.807) is 6.07 Å². The molecule has 4 heteroatoms. The number of benzene rings is 1. The maximum atomic E-state index is 11.8. The second-order valence-electron chi connectivity index (χ2n) is 5.88. The van der Waals surface area contributed by atoms with Gasteiger partial charge in [0.1, 0.15) is 5.58 Å². The number of hydrogen-bond donors (Lipinski definition) is 0. The van der Waals surface area contributed by atoms with Crippen LogP contribution in [0.2, 0.25) is 5.02 Å². The first kappa shape index (κ1) is 14.6. The van der Waals surface area contributed by atoms with Crippen molar-refractivity contribution in [1.82, 2.24) is 4.90 Å². The largest absolute Gasteiger partial charge is 0.423 e. The van der Waals surface area contributed by atoms with Gasteiger partial charge >= 0.3 is 5.63 Å². The highest BCUT2D eigenvalue weighted by Crippen LogP contribution is 2.26. The van der Waals surface area contributed by atoms with E-state index < -0.39 is 0 Å². The second kappa shape index (κ2) is 6.20. The molecule has 0 atom stereocenters. The van der Waals surface area contributed by atoms with E-state index in [9.17, 15) is 4.79 Å². The quantitative estimate of drug-likeness (QED) is 0.782. The van der Waals surface area contributed by atoms with Gasteiger partial charge in [0.2, 0.25) is 0 Å². The SMILES string of the molecule is Cc1cc2oc(=O)cc(CN3CCCCCC3)c2cc1Cl. The zero-order valence-electron chi connectivity index (χ0n) is 12.3. The van der Waals surface area contributed by atoms with E-state index in [1.165, 1.54) is 25.7 Å². The Labute approximate surface area is 129 Å². The Morgan fingerprint density at radius 3 is 2.57 bits per heavy atom. The van der Waals surface area contributed by atoms with Crippen LogP contribution in [0.5, 0.6) is 0 Å². The Morgan fingerprint density at radius 1 is 1.14 bits per heavy atom. The second-order valence-corrected chi connectivity index (χ2v) is 6.29. The van der Waals surface area contributed by atoms with Crippen LogP contribution in [0.3, 0.4) is 0 Å². The summed E-state index contributed by atoms with van der Waals surface area (Å²) in [7, 11) is 0. The molecule has 1 aliphatic rings. The van der Waals surface area contributed by atoms with Crippen LogP contribution < -0.4 is 5.63 Å². The van der Waals surface area contributed by atoms with Gasteiger partial charge in [0.25, 0.3) is 0 Å². The standard InChI is InChI=1S/C17H20ClNO2/c1-12-8-16-14(10-15(12)18)13(9-17(20)21-16)11-19-6-4-2-3-5-7-19/h8-10H,2-7,11H2,1H3. The molecule has 1 aliphatic heterocycles. The lowest BCUT2D eigenvalue weighted by Crippen LogP contribution is -2.24. The third kappa shape index (κ3) is 3.30. The maximum Gasteiger partial charge on any atom is 0.336 e. The van der Waals surface area contributed by atoms with Crippen LogP contribution in [0, 0.1) is 6.92 Å². The Balaban J connectivity index is 2.00. The van der Waals surface area contributed by atoms with Gasteiger partial charge in [0, 0.05) is 23.0 Å². The van der Waals surface area contributed by atoms with Crippen LogP contribution in [0.4, 0.5) is 0 Å². The molecule has 1 aromatic carbocycles. The Morgan fingerprint density at radius 2 is 1.86 bits per heavy atom. The van der Waals surface area contributed by atoms with Crippen LogP contribution >= 0.6 is 11.6 Å². The Hall–Kier alpha value is -1.32. The third-order valence-electron chi connectivity index (χ3n) is 4.20. The van der Waals surface area contributed by atoms with Gasteiger partial charge in [-0.15, -0.1) is 0 Å². The third-order valence-corrected chi connectivity index (χ3v) is 4.61. The van der Waals surface area contributed by atoms with Crippen molar-refractivity contribution in [2.75, 3.05) is 13.1 Å². The number of rotatable bonds is 2. The molecule has 0 amide bonds. The van der Waals surface area contributed by atoms with Gasteiger partial charge in [-0.3, -0.25) is 4.90 Å². The molecular weight excluding hydrogens is 286 g/mol. The number of halogens is 1. The molecule has 0 N–H and O–H groups in total. The van der Waals surface area contributed by atoms with E-state index in [1.807, 2.05) is 19.1 Å². The number of aryl methyl sites for hydroxylation is 1. The fourth-order valence-corrected chi connectivity index (χ4v) is 3.18. The molecule has 2 heterocycles. The van der Waals surface area contributed by atoms with Gasteiger partial charge in [-0.25, -0.2) is 4.79 Å². The smallest absolute Gasteiger partial charge is 0.336 e. The van der Waals surface area contributed by atoms with Crippen LogP contribution in [0.15, 0.2) is 27.4 Å². The van der Waals surface area contributed by atoms with E-state index >= 15 is 0 Å². The van der Waals surface area contributed by atoms with Crippen LogP contribution in [0.25, 0.3) is 11.0 Å². The Kier molecular flexibility index (Phi) is 4.32. The van der Waals surface area contributed by atoms with Crippen LogP contribution in [-0.4, -0.2) is 18.0 Å². The molecule has 3 rings (SSSR count). The highest BCUT2D eigenvalue weighted by atomic mass is 35.5. The molecule has 1 saturated heterocycles. The number of nitrogens with zero attached hydrogens (tertiary/aromatic N) is 1. The first-order chi connectivity index (χ1) is 10.1. The van der Waals surface area contributed by atoms with E-state index in [2.05, 4.69) is 4.90 Å². The van der Waals surface area contributed by atoms with Crippen molar-refractivity contribution in [2.24, 2.45) is 0 Å². The topological polar surface area (TPSA) is 33.5 Å². The number of hydrogen-bond acceptors (Lipinski definition) is 3. The van der Waals surface area contributed by atoms with E-state index in [0.29, 0.717) is 10.6 Å². The maximum absolute atomic E-state index is 11.8. The molecule has 3 nitrogen and oxygen atoms in total. The summed E-state index contributed by atoms with van der Waals surface area (Å²) in [5, 5.41) is 1.67. The highest BCUT2D eigenvalue weighted by molar-refractivity contribution is 6.32. The fraction of sp³-hybridized carbons (Fsp3) is 0.471. The molecule has 112 valence electrons. The van der Waals surface area contributed by atoms with E-state index in [4.69, 9.17) is 16.0 Å². The summed E-state index contributed by atoms with van der Waals surface area (Å²) in [6, 6.07) is 5.38. The lowest BCUT2D eigenvalue weighted by molar-refractivity contribution is 0.277. The summed E-state index contributed by atoms with van der Waals surface area (Å²) in [6.45, 7) is 4.91. The van der Waals surface area contributed by atoms with Gasteiger partial charge in [-0.1, -0.05) is 24.4 Å². The summed E-state index contributed by atoms with van der Waals surface area (Å²) < 4.78 is 5.32. The number of likely N-dealkylation sites (tertiary alicyclic amines) is 1. The van der Waals surface area contributed by atoms with Gasteiger partial charge in [0.15, 0.2) is 0 Å². The van der Waals surface area contributed by atoms with Crippen LogP contribution in [0.1, 0.15) is 36.8 Å². The van der Waals surface area contributed by atoms with Crippen molar-refractivity contribution < 1.29 is 4.42 Å². The van der Waals surface area contributed by atoms with Gasteiger partial charge in [0.05, 0.1) is 0 Å². The van der Waals surface area contributed by atoms with Crippen molar-refractivity contribution in [1.29, 1.82) is 0 Å². The van der Waals surface area contributed by atoms with E-state index in [-0.39, 0.29) is 5.63 Å². The summed E-state index contributed by atoms with van der Waals surface area (Å²) >= 11 is 6.23. The summed E-state index contributed by atoms with van der Waals surface area (Å²) in [4.78, 5) is 14.2. The fourth-order valence-electron chi connectivity index (χ4n) is 3.01. The highest BCUT2D eigenvalue weighted by Gasteiger charge is 2.13. The van der Waals surface area contributed by atoms with Gasteiger partial charge < -0.3 is 4.42 Å². The van der Waals surface area contributed by atoms with Crippen LogP contribution in [-0.2, 0) is 6.54 Å². The molecule has 0 bridgehead atoms. The normalized spacial score (nSPS) is 17.0. The molecular formula is C17H20ClNO2. The van der Waals surface area contributed by atoms with Crippen molar-refractivity contribution in [3.05, 3.63) is 44.8 Å². The predicted octanol–water partition coefficient (Wildman–Crippen LogP) is 4.13. The minimum absolute atomic E-state index is 0.283. The number of fused-ring (bicyclic) bond motifs is 1. The van der Waals surface area contributed by atoms with Crippen molar-refractivity contribution in [3.63, 3.8) is 0 Å². The molecule has 1 fully saturated rings. The van der Waals surface area contributed by atoms with Gasteiger partial charge in [-0.05, 0) is 56.1 Å². The van der Waals surface area contributed by atoms with Gasteiger partial charge in [-0.2, -0.15) is 0 Å². The molecule has 0 unspecified atom stereocenters. The minimum Gasteiger partial charge on any atom is -0.423 e. The Bertz CT molecular complexity index is 700. The molecule has 0 aliphatic carbocycles. The molecule has 0 saturated carbocycles. The average Bonchev–Trinajstić information content (AvgIpc) is 2.69. The molecule has 1 aromatic heterocycles.